The number of rotatable bonds is 5. The first-order valence-electron chi connectivity index (χ1n) is 5.54. The van der Waals surface area contributed by atoms with Crippen LogP contribution in [-0.2, 0) is 13.1 Å². The summed E-state index contributed by atoms with van der Waals surface area (Å²) >= 11 is 0. The van der Waals surface area contributed by atoms with E-state index < -0.39 is 0 Å². The lowest BCUT2D eigenvalue weighted by Crippen LogP contribution is -2.01. The lowest BCUT2D eigenvalue weighted by atomic mass is 10.4. The van der Waals surface area contributed by atoms with Crippen molar-refractivity contribution in [1.29, 1.82) is 0 Å². The van der Waals surface area contributed by atoms with Gasteiger partial charge in [-0.25, -0.2) is 4.98 Å². The Balaban J connectivity index is 2.08. The standard InChI is InChI=1S/C11H15N5O/c1-2-5-16-8-10(7-14-16)17-11-13-4-3-9(6-12)15-11/h3-4,7-8H,2,5-6,12H2,1H3. The van der Waals surface area contributed by atoms with Gasteiger partial charge in [-0.05, 0) is 12.5 Å². The van der Waals surface area contributed by atoms with Crippen LogP contribution in [0, 0.1) is 0 Å². The minimum Gasteiger partial charge on any atom is -0.421 e. The summed E-state index contributed by atoms with van der Waals surface area (Å²) in [6.07, 6.45) is 6.12. The SMILES string of the molecule is CCCn1cc(Oc2nccc(CN)n2)cn1. The minimum atomic E-state index is 0.295. The smallest absolute Gasteiger partial charge is 0.322 e. The lowest BCUT2D eigenvalue weighted by Gasteiger charge is -2.01. The summed E-state index contributed by atoms with van der Waals surface area (Å²) in [5.74, 6) is 0.632. The molecule has 17 heavy (non-hydrogen) atoms. The van der Waals surface area contributed by atoms with Crippen molar-refractivity contribution < 1.29 is 4.74 Å². The molecule has 0 radical (unpaired) electrons. The molecule has 2 N–H and O–H groups in total. The number of aromatic nitrogens is 4. The topological polar surface area (TPSA) is 78.9 Å². The molecule has 0 saturated carbocycles. The summed E-state index contributed by atoms with van der Waals surface area (Å²) in [5.41, 5.74) is 6.24. The van der Waals surface area contributed by atoms with Gasteiger partial charge in [0, 0.05) is 19.3 Å². The predicted octanol–water partition coefficient (Wildman–Crippen LogP) is 1.33. The first-order chi connectivity index (χ1) is 8.31. The van der Waals surface area contributed by atoms with Crippen LogP contribution in [0.15, 0.2) is 24.7 Å². The van der Waals surface area contributed by atoms with E-state index >= 15 is 0 Å². The molecule has 2 rings (SSSR count). The fraction of sp³-hybridized carbons (Fsp3) is 0.364. The van der Waals surface area contributed by atoms with E-state index in [0.29, 0.717) is 18.3 Å². The molecule has 6 nitrogen and oxygen atoms in total. The highest BCUT2D eigenvalue weighted by atomic mass is 16.5. The molecule has 0 atom stereocenters. The molecule has 90 valence electrons. The van der Waals surface area contributed by atoms with Crippen LogP contribution in [-0.4, -0.2) is 19.7 Å². The van der Waals surface area contributed by atoms with Gasteiger partial charge in [-0.1, -0.05) is 6.92 Å². The molecule has 6 heteroatoms. The first kappa shape index (κ1) is 11.5. The Morgan fingerprint density at radius 2 is 2.35 bits per heavy atom. The Bertz CT molecular complexity index is 482. The monoisotopic (exact) mass is 233 g/mol. The second-order valence-corrected chi connectivity index (χ2v) is 3.58. The Labute approximate surface area is 99.4 Å². The maximum atomic E-state index is 5.49. The second kappa shape index (κ2) is 5.40. The van der Waals surface area contributed by atoms with Gasteiger partial charge in [0.1, 0.15) is 0 Å². The summed E-state index contributed by atoms with van der Waals surface area (Å²) in [4.78, 5) is 8.16. The van der Waals surface area contributed by atoms with Gasteiger partial charge < -0.3 is 10.5 Å². The zero-order valence-corrected chi connectivity index (χ0v) is 9.71. The summed E-state index contributed by atoms with van der Waals surface area (Å²) in [5, 5.41) is 4.16. The molecule has 2 heterocycles. The fourth-order valence-electron chi connectivity index (χ4n) is 1.39. The largest absolute Gasteiger partial charge is 0.421 e. The molecular weight excluding hydrogens is 218 g/mol. The molecule has 0 fully saturated rings. The zero-order chi connectivity index (χ0) is 12.1. The summed E-state index contributed by atoms with van der Waals surface area (Å²) in [6, 6.07) is 2.05. The molecule has 0 aliphatic rings. The summed E-state index contributed by atoms with van der Waals surface area (Å²) in [6.45, 7) is 3.33. The van der Waals surface area contributed by atoms with E-state index in [1.54, 1.807) is 18.5 Å². The molecule has 0 aliphatic heterocycles. The van der Waals surface area contributed by atoms with Crippen molar-refractivity contribution in [2.45, 2.75) is 26.4 Å². The zero-order valence-electron chi connectivity index (χ0n) is 9.71. The van der Waals surface area contributed by atoms with Crippen LogP contribution in [0.2, 0.25) is 0 Å². The van der Waals surface area contributed by atoms with E-state index in [9.17, 15) is 0 Å². The highest BCUT2D eigenvalue weighted by molar-refractivity contribution is 5.17. The van der Waals surface area contributed by atoms with E-state index in [0.717, 1.165) is 18.7 Å². The summed E-state index contributed by atoms with van der Waals surface area (Å²) in [7, 11) is 0. The van der Waals surface area contributed by atoms with Crippen molar-refractivity contribution in [2.24, 2.45) is 5.73 Å². The maximum absolute atomic E-state index is 5.49. The predicted molar refractivity (Wildman–Crippen MR) is 62.5 cm³/mol. The van der Waals surface area contributed by atoms with Gasteiger partial charge in [0.2, 0.25) is 0 Å². The molecule has 2 aromatic rings. The molecule has 0 bridgehead atoms. The average molecular weight is 233 g/mol. The number of ether oxygens (including phenoxy) is 1. The van der Waals surface area contributed by atoms with E-state index in [1.807, 2.05) is 10.9 Å². The van der Waals surface area contributed by atoms with E-state index in [1.165, 1.54) is 0 Å². The average Bonchev–Trinajstić information content (AvgIpc) is 2.77. The van der Waals surface area contributed by atoms with E-state index in [2.05, 4.69) is 22.0 Å². The van der Waals surface area contributed by atoms with Gasteiger partial charge in [0.05, 0.1) is 18.1 Å². The van der Waals surface area contributed by atoms with Gasteiger partial charge in [-0.2, -0.15) is 10.1 Å². The van der Waals surface area contributed by atoms with Crippen molar-refractivity contribution in [3.8, 4) is 11.8 Å². The lowest BCUT2D eigenvalue weighted by molar-refractivity contribution is 0.438. The summed E-state index contributed by atoms with van der Waals surface area (Å²) < 4.78 is 7.31. The molecule has 0 aliphatic carbocycles. The minimum absolute atomic E-state index is 0.295. The molecule has 0 aromatic carbocycles. The molecule has 0 amide bonds. The van der Waals surface area contributed by atoms with Crippen molar-refractivity contribution in [2.75, 3.05) is 0 Å². The van der Waals surface area contributed by atoms with Gasteiger partial charge in [-0.3, -0.25) is 4.68 Å². The molecular formula is C11H15N5O. The number of hydrogen-bond donors (Lipinski definition) is 1. The molecule has 0 saturated heterocycles. The van der Waals surface area contributed by atoms with E-state index in [4.69, 9.17) is 10.5 Å². The first-order valence-corrected chi connectivity index (χ1v) is 5.54. The van der Waals surface area contributed by atoms with Crippen molar-refractivity contribution >= 4 is 0 Å². The van der Waals surface area contributed by atoms with Crippen LogP contribution in [0.25, 0.3) is 0 Å². The van der Waals surface area contributed by atoms with Crippen molar-refractivity contribution in [3.05, 3.63) is 30.4 Å². The van der Waals surface area contributed by atoms with Gasteiger partial charge >= 0.3 is 6.01 Å². The normalized spacial score (nSPS) is 10.5. The van der Waals surface area contributed by atoms with Crippen molar-refractivity contribution in [1.82, 2.24) is 19.7 Å². The van der Waals surface area contributed by atoms with Crippen LogP contribution in [0.4, 0.5) is 0 Å². The maximum Gasteiger partial charge on any atom is 0.322 e. The van der Waals surface area contributed by atoms with Gasteiger partial charge in [0.25, 0.3) is 0 Å². The van der Waals surface area contributed by atoms with Crippen molar-refractivity contribution in [3.63, 3.8) is 0 Å². The third kappa shape index (κ3) is 3.01. The van der Waals surface area contributed by atoms with Crippen LogP contribution < -0.4 is 10.5 Å². The highest BCUT2D eigenvalue weighted by Crippen LogP contribution is 2.16. The third-order valence-electron chi connectivity index (χ3n) is 2.17. The van der Waals surface area contributed by atoms with Gasteiger partial charge in [0.15, 0.2) is 5.75 Å². The highest BCUT2D eigenvalue weighted by Gasteiger charge is 2.03. The van der Waals surface area contributed by atoms with Crippen LogP contribution in [0.1, 0.15) is 19.0 Å². The fourth-order valence-corrected chi connectivity index (χ4v) is 1.39. The number of nitrogens with two attached hydrogens (primary N) is 1. The van der Waals surface area contributed by atoms with E-state index in [-0.39, 0.29) is 0 Å². The van der Waals surface area contributed by atoms with Crippen LogP contribution in [0.5, 0.6) is 11.8 Å². The second-order valence-electron chi connectivity index (χ2n) is 3.58. The Morgan fingerprint density at radius 1 is 1.47 bits per heavy atom. The Morgan fingerprint density at radius 3 is 3.12 bits per heavy atom. The number of nitrogens with zero attached hydrogens (tertiary/aromatic N) is 4. The van der Waals surface area contributed by atoms with Crippen LogP contribution >= 0.6 is 0 Å². The van der Waals surface area contributed by atoms with Crippen LogP contribution in [0.3, 0.4) is 0 Å². The number of hydrogen-bond acceptors (Lipinski definition) is 5. The Kier molecular flexibility index (Phi) is 3.66. The number of aryl methyl sites for hydroxylation is 1. The Hall–Kier alpha value is -1.95. The third-order valence-corrected chi connectivity index (χ3v) is 2.17. The quantitative estimate of drug-likeness (QED) is 0.842. The van der Waals surface area contributed by atoms with Gasteiger partial charge in [-0.15, -0.1) is 0 Å². The molecule has 2 aromatic heterocycles. The molecule has 0 unspecified atom stereocenters. The molecule has 0 spiro atoms.